The molecule has 0 heterocycles. The second kappa shape index (κ2) is 10.2. The zero-order valence-electron chi connectivity index (χ0n) is 18.1. The molecule has 8 nitrogen and oxygen atoms in total. The first-order chi connectivity index (χ1) is 16.0. The maximum absolute atomic E-state index is 13.1. The molecule has 0 aliphatic heterocycles. The Bertz CT molecular complexity index is 1330. The Balaban J connectivity index is 1.83. The minimum Gasteiger partial charge on any atom is -0.379 e. The summed E-state index contributed by atoms with van der Waals surface area (Å²) in [4.78, 5) is 24.7. The predicted octanol–water partition coefficient (Wildman–Crippen LogP) is 5.21. The molecule has 34 heavy (non-hydrogen) atoms. The molecule has 3 aromatic rings. The van der Waals surface area contributed by atoms with E-state index in [0.717, 1.165) is 30.3 Å². The van der Waals surface area contributed by atoms with Crippen LogP contribution in [-0.4, -0.2) is 30.2 Å². The first kappa shape index (κ1) is 25.1. The molecule has 0 aromatic heterocycles. The van der Waals surface area contributed by atoms with Gasteiger partial charge in [0.2, 0.25) is 0 Å². The molecule has 0 aliphatic rings. The van der Waals surface area contributed by atoms with E-state index < -0.39 is 26.8 Å². The fraction of sp³-hybridized carbons (Fsp3) is 0.174. The van der Waals surface area contributed by atoms with Crippen LogP contribution in [0.5, 0.6) is 5.75 Å². The van der Waals surface area contributed by atoms with E-state index in [2.05, 4.69) is 0 Å². The number of hydrogen-bond acceptors (Lipinski definition) is 6. The van der Waals surface area contributed by atoms with Gasteiger partial charge in [0.1, 0.15) is 16.5 Å². The van der Waals surface area contributed by atoms with E-state index in [-0.39, 0.29) is 39.5 Å². The summed E-state index contributed by atoms with van der Waals surface area (Å²) in [7, 11) is -4.19. The number of nitro groups is 1. The third kappa shape index (κ3) is 5.89. The van der Waals surface area contributed by atoms with Crippen molar-refractivity contribution in [1.82, 2.24) is 4.90 Å². The highest BCUT2D eigenvalue weighted by molar-refractivity contribution is 7.87. The summed E-state index contributed by atoms with van der Waals surface area (Å²) in [6, 6.07) is 13.8. The smallest absolute Gasteiger partial charge is 0.339 e. The Morgan fingerprint density at radius 1 is 1.12 bits per heavy atom. The van der Waals surface area contributed by atoms with Gasteiger partial charge in [-0.25, -0.2) is 4.39 Å². The Morgan fingerprint density at radius 2 is 1.79 bits per heavy atom. The maximum Gasteiger partial charge on any atom is 0.339 e. The lowest BCUT2D eigenvalue weighted by atomic mass is 10.1. The van der Waals surface area contributed by atoms with Crippen LogP contribution in [-0.2, 0) is 16.7 Å². The van der Waals surface area contributed by atoms with Gasteiger partial charge in [-0.1, -0.05) is 23.7 Å². The largest absolute Gasteiger partial charge is 0.379 e. The predicted molar refractivity (Wildman–Crippen MR) is 124 cm³/mol. The van der Waals surface area contributed by atoms with Crippen LogP contribution >= 0.6 is 11.6 Å². The summed E-state index contributed by atoms with van der Waals surface area (Å²) >= 11 is 6.12. The average molecular weight is 507 g/mol. The molecular weight excluding hydrogens is 487 g/mol. The highest BCUT2D eigenvalue weighted by atomic mass is 35.5. The molecule has 0 bridgehead atoms. The van der Waals surface area contributed by atoms with Crippen LogP contribution in [0.2, 0.25) is 5.02 Å². The molecule has 0 aliphatic carbocycles. The summed E-state index contributed by atoms with van der Waals surface area (Å²) in [5.41, 5.74) is 0.448. The highest BCUT2D eigenvalue weighted by Gasteiger charge is 2.23. The van der Waals surface area contributed by atoms with Crippen LogP contribution < -0.4 is 4.18 Å². The number of carbonyl (C=O) groups is 1. The molecule has 0 fully saturated rings. The van der Waals surface area contributed by atoms with Crippen LogP contribution in [0.25, 0.3) is 0 Å². The normalized spacial score (nSPS) is 11.3. The Hall–Kier alpha value is -3.50. The van der Waals surface area contributed by atoms with Crippen LogP contribution in [0, 0.1) is 15.9 Å². The van der Waals surface area contributed by atoms with Gasteiger partial charge in [0.05, 0.1) is 15.5 Å². The van der Waals surface area contributed by atoms with E-state index in [1.54, 1.807) is 26.0 Å². The number of hydrogen-bond donors (Lipinski definition) is 0. The zero-order chi connectivity index (χ0) is 25.0. The minimum absolute atomic E-state index is 0.0198. The number of non-ortho nitro benzene ring substituents is 1. The molecule has 11 heteroatoms. The second-order valence-corrected chi connectivity index (χ2v) is 9.54. The first-order valence-electron chi connectivity index (χ1n) is 10.0. The van der Waals surface area contributed by atoms with E-state index >= 15 is 0 Å². The van der Waals surface area contributed by atoms with Crippen LogP contribution in [0.1, 0.15) is 29.8 Å². The monoisotopic (exact) mass is 506 g/mol. The lowest BCUT2D eigenvalue weighted by Crippen LogP contribution is -2.36. The first-order valence-corrected chi connectivity index (χ1v) is 11.8. The molecule has 0 radical (unpaired) electrons. The quantitative estimate of drug-likeness (QED) is 0.236. The van der Waals surface area contributed by atoms with Gasteiger partial charge in [-0.2, -0.15) is 8.42 Å². The number of carbonyl (C=O) groups excluding carboxylic acids is 1. The van der Waals surface area contributed by atoms with Gasteiger partial charge in [-0.05, 0) is 61.9 Å². The molecule has 0 saturated carbocycles. The third-order valence-electron chi connectivity index (χ3n) is 4.84. The Labute approximate surface area is 200 Å². The van der Waals surface area contributed by atoms with E-state index in [4.69, 9.17) is 15.8 Å². The van der Waals surface area contributed by atoms with Gasteiger partial charge in [0.25, 0.3) is 11.6 Å². The molecule has 0 N–H and O–H groups in total. The number of nitrogens with zero attached hydrogens (tertiary/aromatic N) is 2. The average Bonchev–Trinajstić information content (AvgIpc) is 2.77. The molecule has 0 unspecified atom stereocenters. The van der Waals surface area contributed by atoms with Gasteiger partial charge in [-0.15, -0.1) is 0 Å². The van der Waals surface area contributed by atoms with Gasteiger partial charge in [-0.3, -0.25) is 14.9 Å². The molecular formula is C23H20ClFN2O6S. The summed E-state index contributed by atoms with van der Waals surface area (Å²) in [6.45, 7) is 3.67. The lowest BCUT2D eigenvalue weighted by Gasteiger charge is -2.27. The SMILES string of the molecule is CC(C)N(Cc1cccc(OS(=O)(=O)c2ccc(F)cc2)c1)C(=O)c1ccc([N+](=O)[O-])cc1Cl. The van der Waals surface area contributed by atoms with Crippen molar-refractivity contribution in [2.24, 2.45) is 0 Å². The number of nitro benzene ring substituents is 1. The van der Waals surface area contributed by atoms with Crippen molar-refractivity contribution >= 4 is 33.3 Å². The summed E-state index contributed by atoms with van der Waals surface area (Å²) in [5, 5.41) is 10.9. The summed E-state index contributed by atoms with van der Waals surface area (Å²) in [6.07, 6.45) is 0. The Morgan fingerprint density at radius 3 is 2.38 bits per heavy atom. The van der Waals surface area contributed by atoms with Crippen LogP contribution in [0.3, 0.4) is 0 Å². The molecule has 1 amide bonds. The van der Waals surface area contributed by atoms with Gasteiger partial charge >= 0.3 is 10.1 Å². The van der Waals surface area contributed by atoms with Crippen molar-refractivity contribution in [1.29, 1.82) is 0 Å². The number of halogens is 2. The van der Waals surface area contributed by atoms with Gasteiger partial charge in [0, 0.05) is 24.7 Å². The van der Waals surface area contributed by atoms with E-state index in [1.807, 2.05) is 0 Å². The molecule has 0 spiro atoms. The minimum atomic E-state index is -4.19. The van der Waals surface area contributed by atoms with Gasteiger partial charge < -0.3 is 9.08 Å². The number of rotatable bonds is 8. The topological polar surface area (TPSA) is 107 Å². The summed E-state index contributed by atoms with van der Waals surface area (Å²) in [5.74, 6) is -1.00. The van der Waals surface area contributed by atoms with Crippen molar-refractivity contribution < 1.29 is 26.7 Å². The molecule has 0 saturated heterocycles. The van der Waals surface area contributed by atoms with Gasteiger partial charge in [0.15, 0.2) is 0 Å². The van der Waals surface area contributed by atoms with Crippen molar-refractivity contribution in [2.75, 3.05) is 0 Å². The number of benzene rings is 3. The molecule has 178 valence electrons. The summed E-state index contributed by atoms with van der Waals surface area (Å²) < 4.78 is 43.3. The zero-order valence-corrected chi connectivity index (χ0v) is 19.7. The van der Waals surface area contributed by atoms with Crippen LogP contribution in [0.4, 0.5) is 10.1 Å². The number of amides is 1. The lowest BCUT2D eigenvalue weighted by molar-refractivity contribution is -0.384. The Kier molecular flexibility index (Phi) is 7.53. The van der Waals surface area contributed by atoms with Crippen molar-refractivity contribution in [3.05, 3.63) is 98.8 Å². The third-order valence-corrected chi connectivity index (χ3v) is 6.41. The fourth-order valence-corrected chi connectivity index (χ4v) is 4.28. The highest BCUT2D eigenvalue weighted by Crippen LogP contribution is 2.26. The molecule has 0 atom stereocenters. The van der Waals surface area contributed by atoms with E-state index in [0.29, 0.717) is 5.56 Å². The molecule has 3 rings (SSSR count). The molecule has 3 aromatic carbocycles. The fourth-order valence-electron chi connectivity index (χ4n) is 3.10. The standard InChI is InChI=1S/C23H20ClFN2O6S/c1-15(2)26(23(28)21-11-8-18(27(29)30)13-22(21)24)14-16-4-3-5-19(12-16)33-34(31,32)20-9-6-17(25)7-10-20/h3-13,15H,14H2,1-2H3. The van der Waals surface area contributed by atoms with Crippen molar-refractivity contribution in [3.63, 3.8) is 0 Å². The van der Waals surface area contributed by atoms with Crippen molar-refractivity contribution in [3.8, 4) is 5.75 Å². The van der Waals surface area contributed by atoms with E-state index in [9.17, 15) is 27.7 Å². The van der Waals surface area contributed by atoms with Crippen molar-refractivity contribution in [2.45, 2.75) is 31.3 Å². The maximum atomic E-state index is 13.1. The van der Waals surface area contributed by atoms with E-state index in [1.165, 1.54) is 29.2 Å². The van der Waals surface area contributed by atoms with Crippen LogP contribution in [0.15, 0.2) is 71.6 Å². The second-order valence-electron chi connectivity index (χ2n) is 7.59.